The molecule has 0 bridgehead atoms. The summed E-state index contributed by atoms with van der Waals surface area (Å²) in [5.74, 6) is 0. The zero-order valence-electron chi connectivity index (χ0n) is 10.7. The van der Waals surface area contributed by atoms with E-state index < -0.39 is 0 Å². The molecule has 0 radical (unpaired) electrons. The normalized spacial score (nSPS) is 18.9. The van der Waals surface area contributed by atoms with E-state index in [0.29, 0.717) is 13.2 Å². The first-order chi connectivity index (χ1) is 8.81. The van der Waals surface area contributed by atoms with Crippen LogP contribution in [0.4, 0.5) is 4.79 Å². The Morgan fingerprint density at radius 1 is 1.39 bits per heavy atom. The van der Waals surface area contributed by atoms with E-state index in [0.717, 1.165) is 24.9 Å². The largest absolute Gasteiger partial charge is 0.445 e. The third-order valence-corrected chi connectivity index (χ3v) is 3.18. The van der Waals surface area contributed by atoms with Crippen molar-refractivity contribution >= 4 is 6.09 Å². The van der Waals surface area contributed by atoms with Crippen molar-refractivity contribution in [3.05, 3.63) is 35.9 Å². The number of hydrogen-bond donors (Lipinski definition) is 0. The summed E-state index contributed by atoms with van der Waals surface area (Å²) in [6.07, 6.45) is 1.78. The highest BCUT2D eigenvalue weighted by Gasteiger charge is 2.29. The van der Waals surface area contributed by atoms with Crippen LogP contribution in [-0.4, -0.2) is 37.3 Å². The third-order valence-electron chi connectivity index (χ3n) is 3.18. The summed E-state index contributed by atoms with van der Waals surface area (Å²) in [6.45, 7) is 1.68. The minimum Gasteiger partial charge on any atom is -0.445 e. The number of carbonyl (C=O) groups excluding carboxylic acids is 1. The number of benzene rings is 1. The number of carbonyl (C=O) groups is 1. The highest BCUT2D eigenvalue weighted by atomic mass is 16.6. The molecule has 98 valence electrons. The molecule has 4 heteroatoms. The lowest BCUT2D eigenvalue weighted by Crippen LogP contribution is -2.38. The van der Waals surface area contributed by atoms with E-state index in [1.165, 1.54) is 0 Å². The molecule has 1 heterocycles. The van der Waals surface area contributed by atoms with Gasteiger partial charge in [0.25, 0.3) is 0 Å². The van der Waals surface area contributed by atoms with E-state index in [1.54, 1.807) is 12.0 Å². The SMILES string of the molecule is COC[C@H]1CCCN1C(=O)OCc1ccccc1. The maximum Gasteiger partial charge on any atom is 0.410 e. The first kappa shape index (κ1) is 12.9. The van der Waals surface area contributed by atoms with Gasteiger partial charge in [0.2, 0.25) is 0 Å². The molecule has 1 atom stereocenters. The summed E-state index contributed by atoms with van der Waals surface area (Å²) < 4.78 is 10.4. The molecule has 1 fully saturated rings. The molecule has 4 nitrogen and oxygen atoms in total. The summed E-state index contributed by atoms with van der Waals surface area (Å²) in [6, 6.07) is 9.88. The second kappa shape index (κ2) is 6.40. The molecule has 1 aliphatic heterocycles. The summed E-state index contributed by atoms with van der Waals surface area (Å²) in [5.41, 5.74) is 1.01. The van der Waals surface area contributed by atoms with E-state index in [9.17, 15) is 4.79 Å². The molecule has 2 rings (SSSR count). The number of hydrogen-bond acceptors (Lipinski definition) is 3. The van der Waals surface area contributed by atoms with Crippen LogP contribution in [-0.2, 0) is 16.1 Å². The summed E-state index contributed by atoms with van der Waals surface area (Å²) >= 11 is 0. The fraction of sp³-hybridized carbons (Fsp3) is 0.500. The zero-order chi connectivity index (χ0) is 12.8. The van der Waals surface area contributed by atoms with E-state index >= 15 is 0 Å². The maximum absolute atomic E-state index is 12.0. The lowest BCUT2D eigenvalue weighted by molar-refractivity contribution is 0.0701. The molecule has 0 aromatic heterocycles. The summed E-state index contributed by atoms with van der Waals surface area (Å²) in [4.78, 5) is 13.7. The molecule has 1 aromatic carbocycles. The van der Waals surface area contributed by atoms with Gasteiger partial charge in [0.1, 0.15) is 6.61 Å². The molecule has 0 N–H and O–H groups in total. The molecular weight excluding hydrogens is 230 g/mol. The fourth-order valence-corrected chi connectivity index (χ4v) is 2.24. The number of nitrogens with zero attached hydrogens (tertiary/aromatic N) is 1. The zero-order valence-corrected chi connectivity index (χ0v) is 10.7. The van der Waals surface area contributed by atoms with Gasteiger partial charge in [-0.15, -0.1) is 0 Å². The molecule has 1 saturated heterocycles. The van der Waals surface area contributed by atoms with Crippen molar-refractivity contribution in [2.24, 2.45) is 0 Å². The Labute approximate surface area is 107 Å². The predicted molar refractivity (Wildman–Crippen MR) is 68.2 cm³/mol. The average molecular weight is 249 g/mol. The summed E-state index contributed by atoms with van der Waals surface area (Å²) in [7, 11) is 1.66. The van der Waals surface area contributed by atoms with E-state index in [2.05, 4.69) is 0 Å². The molecule has 0 saturated carbocycles. The number of rotatable bonds is 4. The molecule has 1 amide bonds. The van der Waals surface area contributed by atoms with E-state index in [1.807, 2.05) is 30.3 Å². The lowest BCUT2D eigenvalue weighted by Gasteiger charge is -2.23. The standard InChI is InChI=1S/C14H19NO3/c1-17-11-13-8-5-9-15(13)14(16)18-10-12-6-3-2-4-7-12/h2-4,6-7,13H,5,8-11H2,1H3/t13-/m1/s1. The Bertz CT molecular complexity index is 380. The van der Waals surface area contributed by atoms with Crippen molar-refractivity contribution in [3.63, 3.8) is 0 Å². The van der Waals surface area contributed by atoms with Crippen molar-refractivity contribution in [3.8, 4) is 0 Å². The molecule has 1 aromatic rings. The smallest absolute Gasteiger partial charge is 0.410 e. The molecule has 1 aliphatic rings. The van der Waals surface area contributed by atoms with Crippen molar-refractivity contribution in [2.45, 2.75) is 25.5 Å². The average Bonchev–Trinajstić information content (AvgIpc) is 2.86. The van der Waals surface area contributed by atoms with E-state index in [4.69, 9.17) is 9.47 Å². The van der Waals surface area contributed by atoms with Crippen LogP contribution in [0.1, 0.15) is 18.4 Å². The number of amides is 1. The Hall–Kier alpha value is -1.55. The topological polar surface area (TPSA) is 38.8 Å². The second-order valence-corrected chi connectivity index (χ2v) is 4.48. The quantitative estimate of drug-likeness (QED) is 0.822. The van der Waals surface area contributed by atoms with Crippen molar-refractivity contribution in [2.75, 3.05) is 20.3 Å². The van der Waals surface area contributed by atoms with Crippen LogP contribution in [0.15, 0.2) is 30.3 Å². The van der Waals surface area contributed by atoms with Crippen LogP contribution in [0.5, 0.6) is 0 Å². The van der Waals surface area contributed by atoms with Gasteiger partial charge in [-0.2, -0.15) is 0 Å². The van der Waals surface area contributed by atoms with Crippen LogP contribution < -0.4 is 0 Å². The van der Waals surface area contributed by atoms with Crippen LogP contribution in [0.2, 0.25) is 0 Å². The van der Waals surface area contributed by atoms with Gasteiger partial charge >= 0.3 is 6.09 Å². The monoisotopic (exact) mass is 249 g/mol. The molecule has 0 unspecified atom stereocenters. The van der Waals surface area contributed by atoms with Crippen LogP contribution in [0.25, 0.3) is 0 Å². The molecule has 0 aliphatic carbocycles. The number of methoxy groups -OCH3 is 1. The molecule has 0 spiro atoms. The predicted octanol–water partition coefficient (Wildman–Crippen LogP) is 2.43. The van der Waals surface area contributed by atoms with Crippen LogP contribution in [0, 0.1) is 0 Å². The summed E-state index contributed by atoms with van der Waals surface area (Å²) in [5, 5.41) is 0. The minimum atomic E-state index is -0.238. The Morgan fingerprint density at radius 3 is 2.89 bits per heavy atom. The van der Waals surface area contributed by atoms with Gasteiger partial charge in [0.05, 0.1) is 12.6 Å². The Kier molecular flexibility index (Phi) is 4.59. The highest BCUT2D eigenvalue weighted by molar-refractivity contribution is 5.68. The first-order valence-corrected chi connectivity index (χ1v) is 6.27. The van der Waals surface area contributed by atoms with Gasteiger partial charge in [-0.25, -0.2) is 4.79 Å². The number of ether oxygens (including phenoxy) is 2. The van der Waals surface area contributed by atoms with Crippen molar-refractivity contribution in [1.29, 1.82) is 0 Å². The van der Waals surface area contributed by atoms with E-state index in [-0.39, 0.29) is 12.1 Å². The lowest BCUT2D eigenvalue weighted by atomic mass is 10.2. The van der Waals surface area contributed by atoms with Gasteiger partial charge in [0, 0.05) is 13.7 Å². The number of likely N-dealkylation sites (tertiary alicyclic amines) is 1. The second-order valence-electron chi connectivity index (χ2n) is 4.48. The van der Waals surface area contributed by atoms with Gasteiger partial charge < -0.3 is 14.4 Å². The molecular formula is C14H19NO3. The molecule has 18 heavy (non-hydrogen) atoms. The fourth-order valence-electron chi connectivity index (χ4n) is 2.24. The van der Waals surface area contributed by atoms with Gasteiger partial charge in [0.15, 0.2) is 0 Å². The van der Waals surface area contributed by atoms with Gasteiger partial charge in [-0.3, -0.25) is 0 Å². The third kappa shape index (κ3) is 3.23. The first-order valence-electron chi connectivity index (χ1n) is 6.27. The van der Waals surface area contributed by atoms with Crippen molar-refractivity contribution in [1.82, 2.24) is 4.90 Å². The van der Waals surface area contributed by atoms with Gasteiger partial charge in [-0.1, -0.05) is 30.3 Å². The van der Waals surface area contributed by atoms with Crippen molar-refractivity contribution < 1.29 is 14.3 Å². The Morgan fingerprint density at radius 2 is 2.17 bits per heavy atom. The Balaban J connectivity index is 1.84. The maximum atomic E-state index is 12.0. The van der Waals surface area contributed by atoms with Gasteiger partial charge in [-0.05, 0) is 18.4 Å². The van der Waals surface area contributed by atoms with Crippen LogP contribution >= 0.6 is 0 Å². The highest BCUT2D eigenvalue weighted by Crippen LogP contribution is 2.18. The minimum absolute atomic E-state index is 0.165. The van der Waals surface area contributed by atoms with Crippen LogP contribution in [0.3, 0.4) is 0 Å².